The van der Waals surface area contributed by atoms with Gasteiger partial charge in [-0.3, -0.25) is 4.98 Å². The topological polar surface area (TPSA) is 95.2 Å². The van der Waals surface area contributed by atoms with Crippen molar-refractivity contribution in [1.82, 2.24) is 15.0 Å². The molecule has 0 saturated heterocycles. The molecular formula is C11H12ClN5O2. The number of nitrogen functional groups attached to an aromatic ring is 1. The van der Waals surface area contributed by atoms with Crippen LogP contribution in [-0.4, -0.2) is 22.1 Å². The number of hydrogen-bond donors (Lipinski definition) is 2. The number of pyridine rings is 1. The molecule has 0 aliphatic heterocycles. The van der Waals surface area contributed by atoms with Crippen LogP contribution in [0.15, 0.2) is 24.5 Å². The second kappa shape index (κ2) is 6.28. The average Bonchev–Trinajstić information content (AvgIpc) is 2.39. The lowest BCUT2D eigenvalue weighted by molar-refractivity contribution is 0.177. The van der Waals surface area contributed by atoms with Crippen LogP contribution in [0.1, 0.15) is 5.82 Å². The van der Waals surface area contributed by atoms with Gasteiger partial charge < -0.3 is 14.9 Å². The van der Waals surface area contributed by atoms with E-state index in [0.717, 1.165) is 0 Å². The van der Waals surface area contributed by atoms with Crippen LogP contribution < -0.4 is 16.0 Å². The molecule has 0 amide bonds. The first-order valence-corrected chi connectivity index (χ1v) is 5.71. The number of nitrogens with one attached hydrogen (secondary N) is 1. The summed E-state index contributed by atoms with van der Waals surface area (Å²) in [6.07, 6.45) is 3.04. The molecule has 0 saturated carbocycles. The number of hydrazine groups is 1. The summed E-state index contributed by atoms with van der Waals surface area (Å²) in [5, 5.41) is 0.473. The number of nitrogens with zero attached hydrogens (tertiary/aromatic N) is 3. The quantitative estimate of drug-likeness (QED) is 0.637. The van der Waals surface area contributed by atoms with Gasteiger partial charge in [-0.05, 0) is 0 Å². The number of ether oxygens (including phenoxy) is 2. The maximum Gasteiger partial charge on any atom is 0.224 e. The molecule has 2 aromatic heterocycles. The number of aromatic nitrogens is 3. The molecule has 2 aromatic rings. The molecule has 0 spiro atoms. The molecule has 0 fully saturated rings. The second-order valence-electron chi connectivity index (χ2n) is 3.53. The molecule has 2 heterocycles. The normalized spacial score (nSPS) is 10.3. The van der Waals surface area contributed by atoms with E-state index in [-0.39, 0.29) is 6.61 Å². The Balaban J connectivity index is 2.26. The van der Waals surface area contributed by atoms with Crippen molar-refractivity contribution in [1.29, 1.82) is 0 Å². The Hall–Kier alpha value is -1.96. The molecule has 100 valence electrons. The Bertz CT molecular complexity index is 567. The molecule has 19 heavy (non-hydrogen) atoms. The summed E-state index contributed by atoms with van der Waals surface area (Å²) in [7, 11) is 1.55. The van der Waals surface area contributed by atoms with E-state index in [9.17, 15) is 0 Å². The van der Waals surface area contributed by atoms with Gasteiger partial charge in [0.05, 0.1) is 11.2 Å². The number of methoxy groups -OCH3 is 1. The predicted molar refractivity (Wildman–Crippen MR) is 69.9 cm³/mol. The van der Waals surface area contributed by atoms with Crippen molar-refractivity contribution in [3.05, 3.63) is 35.4 Å². The molecule has 0 radical (unpaired) electrons. The number of hydrogen-bond acceptors (Lipinski definition) is 7. The highest BCUT2D eigenvalue weighted by molar-refractivity contribution is 6.30. The largest absolute Gasteiger partial charge is 0.437 e. The number of anilines is 1. The molecule has 0 aliphatic carbocycles. The maximum atomic E-state index is 5.82. The fraction of sp³-hybridized carbons (Fsp3) is 0.182. The van der Waals surface area contributed by atoms with Gasteiger partial charge in [0.2, 0.25) is 5.88 Å². The fourth-order valence-electron chi connectivity index (χ4n) is 1.36. The highest BCUT2D eigenvalue weighted by Gasteiger charge is 2.06. The highest BCUT2D eigenvalue weighted by atomic mass is 35.5. The van der Waals surface area contributed by atoms with E-state index < -0.39 is 0 Å². The lowest BCUT2D eigenvalue weighted by Gasteiger charge is -2.08. The smallest absolute Gasteiger partial charge is 0.224 e. The lowest BCUT2D eigenvalue weighted by atomic mass is 10.4. The first kappa shape index (κ1) is 13.5. The Morgan fingerprint density at radius 2 is 2.16 bits per heavy atom. The summed E-state index contributed by atoms with van der Waals surface area (Å²) in [5.41, 5.74) is 2.43. The van der Waals surface area contributed by atoms with Gasteiger partial charge in [-0.15, -0.1) is 0 Å². The third kappa shape index (κ3) is 3.75. The van der Waals surface area contributed by atoms with Crippen molar-refractivity contribution in [3.8, 4) is 11.6 Å². The van der Waals surface area contributed by atoms with Crippen molar-refractivity contribution < 1.29 is 9.47 Å². The minimum atomic E-state index is 0.250. The third-order valence-corrected chi connectivity index (χ3v) is 2.28. The van der Waals surface area contributed by atoms with Crippen LogP contribution in [0.2, 0.25) is 5.02 Å². The van der Waals surface area contributed by atoms with Gasteiger partial charge in [-0.1, -0.05) is 11.6 Å². The molecule has 0 bridgehead atoms. The molecule has 0 aromatic carbocycles. The molecule has 3 N–H and O–H groups in total. The summed E-state index contributed by atoms with van der Waals surface area (Å²) in [4.78, 5) is 12.2. The van der Waals surface area contributed by atoms with E-state index >= 15 is 0 Å². The monoisotopic (exact) mass is 281 g/mol. The van der Waals surface area contributed by atoms with Crippen molar-refractivity contribution in [2.75, 3.05) is 12.5 Å². The van der Waals surface area contributed by atoms with Crippen molar-refractivity contribution in [3.63, 3.8) is 0 Å². The zero-order chi connectivity index (χ0) is 13.7. The van der Waals surface area contributed by atoms with Gasteiger partial charge in [0.25, 0.3) is 0 Å². The van der Waals surface area contributed by atoms with E-state index in [1.807, 2.05) is 0 Å². The number of halogens is 1. The molecular weight excluding hydrogens is 270 g/mol. The van der Waals surface area contributed by atoms with E-state index in [2.05, 4.69) is 20.4 Å². The summed E-state index contributed by atoms with van der Waals surface area (Å²) < 4.78 is 10.5. The number of nitrogens with two attached hydrogens (primary N) is 1. The van der Waals surface area contributed by atoms with Crippen molar-refractivity contribution >= 4 is 17.4 Å². The van der Waals surface area contributed by atoms with Crippen LogP contribution in [0, 0.1) is 0 Å². The molecule has 0 atom stereocenters. The summed E-state index contributed by atoms with van der Waals surface area (Å²) in [6, 6.07) is 3.18. The molecule has 0 aliphatic rings. The van der Waals surface area contributed by atoms with Crippen LogP contribution in [0.4, 0.5) is 5.82 Å². The predicted octanol–water partition coefficient (Wildman–Crippen LogP) is 1.75. The number of rotatable bonds is 5. The van der Waals surface area contributed by atoms with Crippen LogP contribution in [0.3, 0.4) is 0 Å². The van der Waals surface area contributed by atoms with Gasteiger partial charge in [-0.25, -0.2) is 10.8 Å². The first-order chi connectivity index (χ1) is 9.21. The molecule has 7 nitrogen and oxygen atoms in total. The average molecular weight is 282 g/mol. The Labute approximate surface area is 114 Å². The lowest BCUT2D eigenvalue weighted by Crippen LogP contribution is -2.11. The van der Waals surface area contributed by atoms with Gasteiger partial charge in [0.1, 0.15) is 18.2 Å². The van der Waals surface area contributed by atoms with Gasteiger partial charge >= 0.3 is 0 Å². The van der Waals surface area contributed by atoms with E-state index in [1.165, 1.54) is 12.4 Å². The highest BCUT2D eigenvalue weighted by Crippen LogP contribution is 2.23. The fourth-order valence-corrected chi connectivity index (χ4v) is 1.53. The SMILES string of the molecule is COCc1nc(NN)cc(Oc2cncc(Cl)c2)n1. The Kier molecular flexibility index (Phi) is 4.45. The van der Waals surface area contributed by atoms with Gasteiger partial charge in [0, 0.05) is 25.4 Å². The summed E-state index contributed by atoms with van der Waals surface area (Å²) >= 11 is 5.82. The second-order valence-corrected chi connectivity index (χ2v) is 3.96. The zero-order valence-electron chi connectivity index (χ0n) is 10.1. The van der Waals surface area contributed by atoms with E-state index in [4.69, 9.17) is 26.9 Å². The first-order valence-electron chi connectivity index (χ1n) is 5.33. The standard InChI is InChI=1S/C11H12ClN5O2/c1-18-6-10-15-9(17-13)3-11(16-10)19-8-2-7(12)4-14-5-8/h2-5H,6,13H2,1H3,(H,15,16,17). The van der Waals surface area contributed by atoms with E-state index in [1.54, 1.807) is 19.2 Å². The third-order valence-electron chi connectivity index (χ3n) is 2.07. The summed E-state index contributed by atoms with van der Waals surface area (Å²) in [5.74, 6) is 6.99. The maximum absolute atomic E-state index is 5.82. The molecule has 2 rings (SSSR count). The van der Waals surface area contributed by atoms with Crippen molar-refractivity contribution in [2.45, 2.75) is 6.61 Å². The van der Waals surface area contributed by atoms with Crippen LogP contribution >= 0.6 is 11.6 Å². The molecule has 8 heteroatoms. The zero-order valence-corrected chi connectivity index (χ0v) is 10.9. The Morgan fingerprint density at radius 3 is 2.84 bits per heavy atom. The van der Waals surface area contributed by atoms with Crippen LogP contribution in [-0.2, 0) is 11.3 Å². The Morgan fingerprint density at radius 1 is 1.32 bits per heavy atom. The minimum Gasteiger partial charge on any atom is -0.437 e. The van der Waals surface area contributed by atoms with Crippen molar-refractivity contribution in [2.24, 2.45) is 5.84 Å². The van der Waals surface area contributed by atoms with Crippen LogP contribution in [0.5, 0.6) is 11.6 Å². The van der Waals surface area contributed by atoms with Gasteiger partial charge in [0.15, 0.2) is 5.82 Å². The van der Waals surface area contributed by atoms with Gasteiger partial charge in [-0.2, -0.15) is 4.98 Å². The van der Waals surface area contributed by atoms with E-state index in [0.29, 0.717) is 28.3 Å². The molecule has 0 unspecified atom stereocenters. The minimum absolute atomic E-state index is 0.250. The summed E-state index contributed by atoms with van der Waals surface area (Å²) in [6.45, 7) is 0.250. The van der Waals surface area contributed by atoms with Crippen LogP contribution in [0.25, 0.3) is 0 Å².